The second-order valence-corrected chi connectivity index (χ2v) is 9.27. The van der Waals surface area contributed by atoms with Crippen LogP contribution in [0.15, 0.2) is 39.7 Å². The molecule has 0 bridgehead atoms. The number of thioether (sulfide) groups is 1. The Kier molecular flexibility index (Phi) is 5.79. The van der Waals surface area contributed by atoms with Crippen molar-refractivity contribution in [2.45, 2.75) is 38.6 Å². The molecule has 1 N–H and O–H groups in total. The Hall–Kier alpha value is -2.45. The maximum absolute atomic E-state index is 14.2. The SMILES string of the molecule is Cc1ccc(-c2ccc(/C=C3/SC(=S)N(C4CCCC(C(=O)O)C4)C3=O)o2)c(F)c1. The van der Waals surface area contributed by atoms with Gasteiger partial charge in [0.2, 0.25) is 0 Å². The fourth-order valence-corrected chi connectivity index (χ4v) is 5.32. The molecular formula is C22H20FNO4S2. The number of halogens is 1. The van der Waals surface area contributed by atoms with Crippen LogP contribution < -0.4 is 0 Å². The molecule has 1 saturated carbocycles. The van der Waals surface area contributed by atoms with Crippen molar-refractivity contribution in [1.82, 2.24) is 4.90 Å². The summed E-state index contributed by atoms with van der Waals surface area (Å²) in [6.07, 6.45) is 4.13. The predicted octanol–water partition coefficient (Wildman–Crippen LogP) is 5.24. The number of carbonyl (C=O) groups is 2. The van der Waals surface area contributed by atoms with Crippen LogP contribution in [0.1, 0.15) is 37.0 Å². The molecule has 2 unspecified atom stereocenters. The number of thiocarbonyl (C=S) groups is 1. The van der Waals surface area contributed by atoms with Crippen LogP contribution in [0.3, 0.4) is 0 Å². The summed E-state index contributed by atoms with van der Waals surface area (Å²) in [4.78, 5) is 26.3. The van der Waals surface area contributed by atoms with Crippen molar-refractivity contribution in [2.24, 2.45) is 5.92 Å². The van der Waals surface area contributed by atoms with Crippen LogP contribution in [0.2, 0.25) is 0 Å². The smallest absolute Gasteiger partial charge is 0.306 e. The lowest BCUT2D eigenvalue weighted by atomic mass is 9.85. The van der Waals surface area contributed by atoms with Gasteiger partial charge in [0.05, 0.1) is 16.4 Å². The quantitative estimate of drug-likeness (QED) is 0.513. The molecular weight excluding hydrogens is 425 g/mol. The first-order chi connectivity index (χ1) is 14.3. The first kappa shape index (κ1) is 20.8. The van der Waals surface area contributed by atoms with E-state index in [4.69, 9.17) is 16.6 Å². The lowest BCUT2D eigenvalue weighted by molar-refractivity contribution is -0.144. The largest absolute Gasteiger partial charge is 0.481 e. The number of carboxylic acids is 1. The molecule has 30 heavy (non-hydrogen) atoms. The molecule has 0 radical (unpaired) electrons. The van der Waals surface area contributed by atoms with E-state index in [1.807, 2.05) is 6.92 Å². The minimum Gasteiger partial charge on any atom is -0.481 e. The van der Waals surface area contributed by atoms with Crippen molar-refractivity contribution in [3.8, 4) is 11.3 Å². The van der Waals surface area contributed by atoms with E-state index in [9.17, 15) is 19.1 Å². The first-order valence-electron chi connectivity index (χ1n) is 9.69. The monoisotopic (exact) mass is 445 g/mol. The Balaban J connectivity index is 1.54. The third-order valence-electron chi connectivity index (χ3n) is 5.47. The summed E-state index contributed by atoms with van der Waals surface area (Å²) < 4.78 is 20.4. The molecule has 2 aliphatic rings. The molecule has 1 aliphatic carbocycles. The van der Waals surface area contributed by atoms with Gasteiger partial charge in [-0.25, -0.2) is 4.39 Å². The molecule has 1 amide bonds. The van der Waals surface area contributed by atoms with Crippen LogP contribution in [0.5, 0.6) is 0 Å². The highest BCUT2D eigenvalue weighted by Gasteiger charge is 2.40. The number of aryl methyl sites for hydroxylation is 1. The average Bonchev–Trinajstić information content (AvgIpc) is 3.26. The highest BCUT2D eigenvalue weighted by atomic mass is 32.2. The lowest BCUT2D eigenvalue weighted by Gasteiger charge is -2.32. The number of aliphatic carboxylic acids is 1. The van der Waals surface area contributed by atoms with Crippen molar-refractivity contribution in [1.29, 1.82) is 0 Å². The third kappa shape index (κ3) is 4.06. The number of hydrogen-bond acceptors (Lipinski definition) is 5. The highest BCUT2D eigenvalue weighted by molar-refractivity contribution is 8.26. The van der Waals surface area contributed by atoms with Crippen LogP contribution in [-0.2, 0) is 9.59 Å². The molecule has 2 aromatic rings. The number of hydrogen-bond donors (Lipinski definition) is 1. The second kappa shape index (κ2) is 8.35. The van der Waals surface area contributed by atoms with Crippen molar-refractivity contribution >= 4 is 46.3 Å². The first-order valence-corrected chi connectivity index (χ1v) is 10.9. The fourth-order valence-electron chi connectivity index (χ4n) is 3.94. The van der Waals surface area contributed by atoms with Crippen molar-refractivity contribution in [3.05, 3.63) is 52.4 Å². The molecule has 5 nitrogen and oxygen atoms in total. The van der Waals surface area contributed by atoms with Gasteiger partial charge in [-0.05, 0) is 56.0 Å². The van der Waals surface area contributed by atoms with Gasteiger partial charge in [-0.2, -0.15) is 0 Å². The van der Waals surface area contributed by atoms with Crippen LogP contribution in [0.4, 0.5) is 4.39 Å². The molecule has 8 heteroatoms. The normalized spacial score (nSPS) is 23.4. The van der Waals surface area contributed by atoms with Gasteiger partial charge in [0, 0.05) is 12.1 Å². The van der Waals surface area contributed by atoms with E-state index in [0.29, 0.717) is 39.2 Å². The minimum atomic E-state index is -0.827. The Morgan fingerprint density at radius 1 is 1.33 bits per heavy atom. The van der Waals surface area contributed by atoms with Gasteiger partial charge in [-0.3, -0.25) is 14.5 Å². The zero-order chi connectivity index (χ0) is 21.4. The number of rotatable bonds is 4. The number of nitrogens with zero attached hydrogens (tertiary/aromatic N) is 1. The van der Waals surface area contributed by atoms with Gasteiger partial charge in [0.15, 0.2) is 0 Å². The minimum absolute atomic E-state index is 0.202. The standard InChI is InChI=1S/C22H20FNO4S2/c1-12-5-7-16(17(23)9-12)18-8-6-15(28-18)11-19-20(25)24(22(29)30-19)14-4-2-3-13(10-14)21(26)27/h5-9,11,13-14H,2-4,10H2,1H3,(H,26,27)/b19-11+. The molecule has 1 aromatic carbocycles. The Bertz CT molecular complexity index is 1060. The van der Waals surface area contributed by atoms with E-state index in [1.165, 1.54) is 17.8 Å². The van der Waals surface area contributed by atoms with E-state index in [-0.39, 0.29) is 17.8 Å². The maximum atomic E-state index is 14.2. The summed E-state index contributed by atoms with van der Waals surface area (Å²) in [5, 5.41) is 9.32. The van der Waals surface area contributed by atoms with Gasteiger partial charge >= 0.3 is 5.97 Å². The summed E-state index contributed by atoms with van der Waals surface area (Å²) >= 11 is 6.58. The summed E-state index contributed by atoms with van der Waals surface area (Å²) in [5.41, 5.74) is 1.18. The summed E-state index contributed by atoms with van der Waals surface area (Å²) in [5.74, 6) is -1.07. The number of benzene rings is 1. The van der Waals surface area contributed by atoms with E-state index in [0.717, 1.165) is 18.4 Å². The molecule has 1 aromatic heterocycles. The van der Waals surface area contributed by atoms with Crippen LogP contribution in [0.25, 0.3) is 17.4 Å². The van der Waals surface area contributed by atoms with Crippen molar-refractivity contribution < 1.29 is 23.5 Å². The van der Waals surface area contributed by atoms with E-state index in [1.54, 1.807) is 35.2 Å². The number of amides is 1. The van der Waals surface area contributed by atoms with Gasteiger partial charge in [-0.1, -0.05) is 36.5 Å². The molecule has 156 valence electrons. The number of carboxylic acid groups (broad SMARTS) is 1. The van der Waals surface area contributed by atoms with Crippen molar-refractivity contribution in [2.75, 3.05) is 0 Å². The molecule has 1 aliphatic heterocycles. The highest BCUT2D eigenvalue weighted by Crippen LogP contribution is 2.39. The molecule has 2 heterocycles. The van der Waals surface area contributed by atoms with Crippen LogP contribution in [0, 0.1) is 18.7 Å². The summed E-state index contributed by atoms with van der Waals surface area (Å²) in [6.45, 7) is 1.81. The van der Waals surface area contributed by atoms with E-state index >= 15 is 0 Å². The number of carbonyl (C=O) groups excluding carboxylic acids is 1. The Morgan fingerprint density at radius 3 is 2.87 bits per heavy atom. The van der Waals surface area contributed by atoms with Crippen LogP contribution in [-0.4, -0.2) is 32.2 Å². The van der Waals surface area contributed by atoms with Gasteiger partial charge in [-0.15, -0.1) is 0 Å². The zero-order valence-corrected chi connectivity index (χ0v) is 17.9. The Morgan fingerprint density at radius 2 is 2.13 bits per heavy atom. The third-order valence-corrected chi connectivity index (χ3v) is 6.81. The number of furan rings is 1. The lowest BCUT2D eigenvalue weighted by Crippen LogP contribution is -2.42. The Labute approximate surface area is 182 Å². The second-order valence-electron chi connectivity index (χ2n) is 7.59. The van der Waals surface area contributed by atoms with Crippen LogP contribution >= 0.6 is 24.0 Å². The molecule has 0 spiro atoms. The molecule has 1 saturated heterocycles. The van der Waals surface area contributed by atoms with Gasteiger partial charge in [0.25, 0.3) is 5.91 Å². The van der Waals surface area contributed by atoms with Gasteiger partial charge < -0.3 is 9.52 Å². The maximum Gasteiger partial charge on any atom is 0.306 e. The van der Waals surface area contributed by atoms with Gasteiger partial charge in [0.1, 0.15) is 21.7 Å². The average molecular weight is 446 g/mol. The molecule has 4 rings (SSSR count). The van der Waals surface area contributed by atoms with E-state index in [2.05, 4.69) is 0 Å². The predicted molar refractivity (Wildman–Crippen MR) is 117 cm³/mol. The summed E-state index contributed by atoms with van der Waals surface area (Å²) in [6, 6.07) is 8.06. The molecule has 2 fully saturated rings. The van der Waals surface area contributed by atoms with E-state index < -0.39 is 11.9 Å². The zero-order valence-electron chi connectivity index (χ0n) is 16.3. The fraction of sp³-hybridized carbons (Fsp3) is 0.318. The van der Waals surface area contributed by atoms with Crippen molar-refractivity contribution in [3.63, 3.8) is 0 Å². The topological polar surface area (TPSA) is 70.8 Å². The molecule has 2 atom stereocenters. The summed E-state index contributed by atoms with van der Waals surface area (Å²) in [7, 11) is 0.